The second kappa shape index (κ2) is 9.74. The van der Waals surface area contributed by atoms with Crippen molar-refractivity contribution in [2.24, 2.45) is 0 Å². The Morgan fingerprint density at radius 3 is 2.24 bits per heavy atom. The minimum Gasteiger partial charge on any atom is -0.507 e. The van der Waals surface area contributed by atoms with Gasteiger partial charge in [0.15, 0.2) is 0 Å². The van der Waals surface area contributed by atoms with E-state index in [1.54, 1.807) is 12.1 Å². The summed E-state index contributed by atoms with van der Waals surface area (Å²) in [6, 6.07) is 23.4. The van der Waals surface area contributed by atoms with Gasteiger partial charge in [0.05, 0.1) is 18.2 Å². The smallest absolute Gasteiger partial charge is 0.295 e. The zero-order valence-corrected chi connectivity index (χ0v) is 18.8. The highest BCUT2D eigenvalue weighted by Crippen LogP contribution is 2.40. The summed E-state index contributed by atoms with van der Waals surface area (Å²) < 4.78 is 5.68. The van der Waals surface area contributed by atoms with E-state index in [9.17, 15) is 14.7 Å². The second-order valence-corrected chi connectivity index (χ2v) is 8.20. The number of likely N-dealkylation sites (tertiary alicyclic amines) is 1. The van der Waals surface area contributed by atoms with E-state index in [2.05, 4.69) is 0 Å². The summed E-state index contributed by atoms with van der Waals surface area (Å²) in [7, 11) is 0. The number of carbonyl (C=O) groups excluding carboxylic acids is 2. The van der Waals surface area contributed by atoms with Crippen molar-refractivity contribution >= 4 is 17.4 Å². The fourth-order valence-electron chi connectivity index (χ4n) is 4.00. The standard InChI is InChI=1S/C28H27NO4/c1-3-17-33-23-15-13-21(14-16-23)25-24(26(30)22-11-9-19(2)10-12-22)27(31)28(32)29(25)18-20-7-5-4-6-8-20/h4-16,25,30H,3,17-18H2,1-2H3. The lowest BCUT2D eigenvalue weighted by Crippen LogP contribution is -2.29. The number of hydrogen-bond acceptors (Lipinski definition) is 4. The monoisotopic (exact) mass is 441 g/mol. The van der Waals surface area contributed by atoms with Crippen molar-refractivity contribution in [1.29, 1.82) is 0 Å². The Hall–Kier alpha value is -3.86. The van der Waals surface area contributed by atoms with Crippen LogP contribution in [0.3, 0.4) is 0 Å². The van der Waals surface area contributed by atoms with E-state index < -0.39 is 17.7 Å². The number of hydrogen-bond donors (Lipinski definition) is 1. The zero-order valence-electron chi connectivity index (χ0n) is 18.8. The van der Waals surface area contributed by atoms with E-state index >= 15 is 0 Å². The molecule has 0 aliphatic carbocycles. The second-order valence-electron chi connectivity index (χ2n) is 8.20. The molecule has 5 heteroatoms. The zero-order chi connectivity index (χ0) is 23.4. The highest BCUT2D eigenvalue weighted by Gasteiger charge is 2.46. The van der Waals surface area contributed by atoms with Crippen LogP contribution < -0.4 is 4.74 Å². The molecular formula is C28H27NO4. The molecule has 1 aliphatic heterocycles. The molecule has 5 nitrogen and oxygen atoms in total. The summed E-state index contributed by atoms with van der Waals surface area (Å²) in [5.41, 5.74) is 3.29. The Morgan fingerprint density at radius 2 is 1.61 bits per heavy atom. The van der Waals surface area contributed by atoms with Gasteiger partial charge in [-0.2, -0.15) is 0 Å². The molecule has 1 aliphatic rings. The summed E-state index contributed by atoms with van der Waals surface area (Å²) in [6.07, 6.45) is 0.898. The van der Waals surface area contributed by atoms with Crippen LogP contribution in [0.2, 0.25) is 0 Å². The van der Waals surface area contributed by atoms with Crippen LogP contribution in [0.1, 0.15) is 41.6 Å². The van der Waals surface area contributed by atoms with Crippen LogP contribution >= 0.6 is 0 Å². The topological polar surface area (TPSA) is 66.8 Å². The molecule has 1 amide bonds. The summed E-state index contributed by atoms with van der Waals surface area (Å²) in [6.45, 7) is 4.86. The third-order valence-electron chi connectivity index (χ3n) is 5.73. The van der Waals surface area contributed by atoms with Gasteiger partial charge in [0, 0.05) is 12.1 Å². The fourth-order valence-corrected chi connectivity index (χ4v) is 4.00. The minimum atomic E-state index is -0.702. The average Bonchev–Trinajstić information content (AvgIpc) is 3.08. The van der Waals surface area contributed by atoms with Crippen molar-refractivity contribution < 1.29 is 19.4 Å². The van der Waals surface area contributed by atoms with Gasteiger partial charge in [-0.15, -0.1) is 0 Å². The fraction of sp³-hybridized carbons (Fsp3) is 0.214. The lowest BCUT2D eigenvalue weighted by molar-refractivity contribution is -0.140. The maximum absolute atomic E-state index is 13.1. The van der Waals surface area contributed by atoms with Crippen LogP contribution in [0.15, 0.2) is 84.4 Å². The molecule has 1 unspecified atom stereocenters. The Labute approximate surface area is 193 Å². The van der Waals surface area contributed by atoms with Gasteiger partial charge in [-0.05, 0) is 36.6 Å². The highest BCUT2D eigenvalue weighted by atomic mass is 16.5. The van der Waals surface area contributed by atoms with Gasteiger partial charge < -0.3 is 14.7 Å². The number of Topliss-reactive ketones (excluding diaryl/α,β-unsaturated/α-hetero) is 1. The maximum atomic E-state index is 13.1. The molecule has 0 aromatic heterocycles. The van der Waals surface area contributed by atoms with Crippen molar-refractivity contribution in [2.45, 2.75) is 32.9 Å². The minimum absolute atomic E-state index is 0.0991. The molecule has 1 N–H and O–H groups in total. The first-order valence-corrected chi connectivity index (χ1v) is 11.1. The number of aliphatic hydroxyl groups excluding tert-OH is 1. The Balaban J connectivity index is 1.80. The van der Waals surface area contributed by atoms with Crippen LogP contribution in [0.5, 0.6) is 5.75 Å². The van der Waals surface area contributed by atoms with Crippen LogP contribution in [0.25, 0.3) is 5.76 Å². The van der Waals surface area contributed by atoms with E-state index in [0.717, 1.165) is 28.9 Å². The van der Waals surface area contributed by atoms with Crippen LogP contribution in [-0.4, -0.2) is 28.3 Å². The third kappa shape index (κ3) is 4.67. The Morgan fingerprint density at radius 1 is 0.939 bits per heavy atom. The number of aryl methyl sites for hydroxylation is 1. The lowest BCUT2D eigenvalue weighted by Gasteiger charge is -2.25. The van der Waals surface area contributed by atoms with Crippen molar-refractivity contribution in [3.63, 3.8) is 0 Å². The molecule has 1 heterocycles. The van der Waals surface area contributed by atoms with Gasteiger partial charge in [0.1, 0.15) is 11.5 Å². The van der Waals surface area contributed by atoms with Crippen molar-refractivity contribution in [1.82, 2.24) is 4.90 Å². The van der Waals surface area contributed by atoms with Crippen molar-refractivity contribution in [2.75, 3.05) is 6.61 Å². The van der Waals surface area contributed by atoms with Gasteiger partial charge in [0.2, 0.25) is 0 Å². The lowest BCUT2D eigenvalue weighted by atomic mass is 9.95. The van der Waals surface area contributed by atoms with Crippen LogP contribution in [-0.2, 0) is 16.1 Å². The van der Waals surface area contributed by atoms with Gasteiger partial charge in [-0.1, -0.05) is 79.2 Å². The molecule has 0 bridgehead atoms. The predicted molar refractivity (Wildman–Crippen MR) is 128 cm³/mol. The quantitative estimate of drug-likeness (QED) is 0.303. The number of amides is 1. The number of ether oxygens (including phenoxy) is 1. The van der Waals surface area contributed by atoms with E-state index in [1.807, 2.05) is 80.6 Å². The molecular weight excluding hydrogens is 414 g/mol. The molecule has 0 spiro atoms. The van der Waals surface area contributed by atoms with E-state index in [4.69, 9.17) is 4.74 Å². The van der Waals surface area contributed by atoms with Crippen LogP contribution in [0.4, 0.5) is 0 Å². The molecule has 1 saturated heterocycles. The average molecular weight is 442 g/mol. The van der Waals surface area contributed by atoms with E-state index in [0.29, 0.717) is 12.2 Å². The molecule has 1 fully saturated rings. The molecule has 168 valence electrons. The first-order chi connectivity index (χ1) is 16.0. The van der Waals surface area contributed by atoms with Gasteiger partial charge >= 0.3 is 0 Å². The summed E-state index contributed by atoms with van der Waals surface area (Å²) in [5, 5.41) is 11.1. The van der Waals surface area contributed by atoms with Crippen LogP contribution in [0, 0.1) is 6.92 Å². The number of carbonyl (C=O) groups is 2. The molecule has 4 rings (SSSR count). The first-order valence-electron chi connectivity index (χ1n) is 11.1. The van der Waals surface area contributed by atoms with Gasteiger partial charge in [-0.25, -0.2) is 0 Å². The van der Waals surface area contributed by atoms with Crippen molar-refractivity contribution in [3.05, 3.63) is 107 Å². The maximum Gasteiger partial charge on any atom is 0.295 e. The molecule has 1 atom stereocenters. The summed E-state index contributed by atoms with van der Waals surface area (Å²) in [5.74, 6) is -0.747. The third-order valence-corrected chi connectivity index (χ3v) is 5.73. The number of aliphatic hydroxyl groups is 1. The molecule has 0 saturated carbocycles. The normalized spacial score (nSPS) is 17.4. The number of benzene rings is 3. The van der Waals surface area contributed by atoms with E-state index in [1.165, 1.54) is 4.90 Å². The van der Waals surface area contributed by atoms with Crippen molar-refractivity contribution in [3.8, 4) is 5.75 Å². The molecule has 3 aromatic rings. The number of ketones is 1. The van der Waals surface area contributed by atoms with E-state index in [-0.39, 0.29) is 17.9 Å². The van der Waals surface area contributed by atoms with Gasteiger partial charge in [0.25, 0.3) is 11.7 Å². The number of rotatable bonds is 7. The summed E-state index contributed by atoms with van der Waals surface area (Å²) >= 11 is 0. The Kier molecular flexibility index (Phi) is 6.59. The predicted octanol–water partition coefficient (Wildman–Crippen LogP) is 5.41. The largest absolute Gasteiger partial charge is 0.507 e. The molecule has 0 radical (unpaired) electrons. The highest BCUT2D eigenvalue weighted by molar-refractivity contribution is 6.46. The molecule has 3 aromatic carbocycles. The number of nitrogens with zero attached hydrogens (tertiary/aromatic N) is 1. The Bertz CT molecular complexity index is 1160. The summed E-state index contributed by atoms with van der Waals surface area (Å²) in [4.78, 5) is 27.8. The SMILES string of the molecule is CCCOc1ccc(C2C(=C(O)c3ccc(C)cc3)C(=O)C(=O)N2Cc2ccccc2)cc1. The molecule has 33 heavy (non-hydrogen) atoms. The van der Waals surface area contributed by atoms with Gasteiger partial charge in [-0.3, -0.25) is 9.59 Å². The first kappa shape index (κ1) is 22.3.